The molecule has 66 valence electrons. The average molecular weight is 164 g/mol. The topological polar surface area (TPSA) is 38.9 Å². The molecule has 2 heteroatoms. The Morgan fingerprint density at radius 1 is 1.42 bits per heavy atom. The van der Waals surface area contributed by atoms with E-state index in [-0.39, 0.29) is 6.04 Å². The van der Waals surface area contributed by atoms with Crippen LogP contribution in [0.2, 0.25) is 0 Å². The molecular formula is C10H16N2. The molecule has 0 aliphatic rings. The number of pyridine rings is 1. The predicted molar refractivity (Wildman–Crippen MR) is 50.7 cm³/mol. The Hall–Kier alpha value is -0.890. The minimum Gasteiger partial charge on any atom is -0.324 e. The SMILES string of the molecule is Cc1ccncc1[C@H](N)C(C)C. The summed E-state index contributed by atoms with van der Waals surface area (Å²) in [7, 11) is 0. The summed E-state index contributed by atoms with van der Waals surface area (Å²) in [6.45, 7) is 6.31. The second-order valence-electron chi connectivity index (χ2n) is 3.50. The van der Waals surface area contributed by atoms with E-state index in [1.807, 2.05) is 12.3 Å². The van der Waals surface area contributed by atoms with Crippen molar-refractivity contribution in [1.29, 1.82) is 0 Å². The second kappa shape index (κ2) is 3.68. The minimum absolute atomic E-state index is 0.110. The van der Waals surface area contributed by atoms with Crippen LogP contribution in [-0.2, 0) is 0 Å². The molecule has 0 aliphatic carbocycles. The molecule has 2 N–H and O–H groups in total. The van der Waals surface area contributed by atoms with Gasteiger partial charge in [0.25, 0.3) is 0 Å². The van der Waals surface area contributed by atoms with Gasteiger partial charge in [-0.15, -0.1) is 0 Å². The lowest BCUT2D eigenvalue weighted by Gasteiger charge is -2.17. The Balaban J connectivity index is 2.94. The summed E-state index contributed by atoms with van der Waals surface area (Å²) in [4.78, 5) is 4.07. The highest BCUT2D eigenvalue weighted by molar-refractivity contribution is 5.24. The molecule has 1 heterocycles. The number of nitrogens with two attached hydrogens (primary N) is 1. The molecule has 0 amide bonds. The zero-order valence-electron chi connectivity index (χ0n) is 7.91. The van der Waals surface area contributed by atoms with Crippen molar-refractivity contribution in [3.05, 3.63) is 29.6 Å². The lowest BCUT2D eigenvalue weighted by molar-refractivity contribution is 0.511. The molecule has 0 saturated heterocycles. The van der Waals surface area contributed by atoms with Crippen molar-refractivity contribution in [1.82, 2.24) is 4.98 Å². The highest BCUT2D eigenvalue weighted by Gasteiger charge is 2.11. The smallest absolute Gasteiger partial charge is 0.0336 e. The van der Waals surface area contributed by atoms with E-state index in [2.05, 4.69) is 25.8 Å². The fraction of sp³-hybridized carbons (Fsp3) is 0.500. The summed E-state index contributed by atoms with van der Waals surface area (Å²) in [6, 6.07) is 2.11. The van der Waals surface area contributed by atoms with Crippen molar-refractivity contribution in [2.45, 2.75) is 26.8 Å². The molecule has 12 heavy (non-hydrogen) atoms. The molecule has 0 spiro atoms. The van der Waals surface area contributed by atoms with E-state index in [0.29, 0.717) is 5.92 Å². The number of rotatable bonds is 2. The van der Waals surface area contributed by atoms with Gasteiger partial charge in [-0.05, 0) is 30.0 Å². The average Bonchev–Trinajstić information content (AvgIpc) is 2.04. The second-order valence-corrected chi connectivity index (χ2v) is 3.50. The quantitative estimate of drug-likeness (QED) is 0.726. The highest BCUT2D eigenvalue weighted by Crippen LogP contribution is 2.20. The maximum atomic E-state index is 6.00. The van der Waals surface area contributed by atoms with Gasteiger partial charge in [-0.25, -0.2) is 0 Å². The van der Waals surface area contributed by atoms with E-state index in [1.54, 1.807) is 6.20 Å². The molecule has 0 radical (unpaired) electrons. The fourth-order valence-corrected chi connectivity index (χ4v) is 1.18. The Morgan fingerprint density at radius 3 is 2.58 bits per heavy atom. The van der Waals surface area contributed by atoms with Gasteiger partial charge in [0.15, 0.2) is 0 Å². The van der Waals surface area contributed by atoms with Gasteiger partial charge < -0.3 is 5.73 Å². The van der Waals surface area contributed by atoms with E-state index in [1.165, 1.54) is 5.56 Å². The van der Waals surface area contributed by atoms with Gasteiger partial charge in [-0.3, -0.25) is 4.98 Å². The van der Waals surface area contributed by atoms with Crippen molar-refractivity contribution in [3.63, 3.8) is 0 Å². The van der Waals surface area contributed by atoms with Crippen molar-refractivity contribution < 1.29 is 0 Å². The van der Waals surface area contributed by atoms with Crippen molar-refractivity contribution in [2.75, 3.05) is 0 Å². The number of aryl methyl sites for hydroxylation is 1. The van der Waals surface area contributed by atoms with Crippen LogP contribution in [0.25, 0.3) is 0 Å². The van der Waals surface area contributed by atoms with Gasteiger partial charge >= 0.3 is 0 Å². The first kappa shape index (κ1) is 9.20. The van der Waals surface area contributed by atoms with E-state index < -0.39 is 0 Å². The number of aromatic nitrogens is 1. The zero-order chi connectivity index (χ0) is 9.14. The van der Waals surface area contributed by atoms with Crippen molar-refractivity contribution in [3.8, 4) is 0 Å². The Kier molecular flexibility index (Phi) is 2.82. The van der Waals surface area contributed by atoms with Crippen LogP contribution in [-0.4, -0.2) is 4.98 Å². The largest absolute Gasteiger partial charge is 0.324 e. The fourth-order valence-electron chi connectivity index (χ4n) is 1.18. The van der Waals surface area contributed by atoms with Crippen LogP contribution < -0.4 is 5.73 Å². The number of hydrogen-bond donors (Lipinski definition) is 1. The maximum absolute atomic E-state index is 6.00. The summed E-state index contributed by atoms with van der Waals surface area (Å²) in [6.07, 6.45) is 3.66. The van der Waals surface area contributed by atoms with Gasteiger partial charge in [0.2, 0.25) is 0 Å². The molecule has 0 aromatic carbocycles. The minimum atomic E-state index is 0.110. The third-order valence-corrected chi connectivity index (χ3v) is 2.16. The number of nitrogens with zero attached hydrogens (tertiary/aromatic N) is 1. The molecule has 1 rings (SSSR count). The van der Waals surface area contributed by atoms with Crippen LogP contribution in [0.5, 0.6) is 0 Å². The third-order valence-electron chi connectivity index (χ3n) is 2.16. The van der Waals surface area contributed by atoms with Gasteiger partial charge in [0.1, 0.15) is 0 Å². The van der Waals surface area contributed by atoms with E-state index in [0.717, 1.165) is 5.56 Å². The van der Waals surface area contributed by atoms with Gasteiger partial charge in [-0.2, -0.15) is 0 Å². The van der Waals surface area contributed by atoms with Gasteiger partial charge in [-0.1, -0.05) is 13.8 Å². The highest BCUT2D eigenvalue weighted by atomic mass is 14.7. The van der Waals surface area contributed by atoms with Crippen LogP contribution in [0.4, 0.5) is 0 Å². The van der Waals surface area contributed by atoms with Crippen molar-refractivity contribution >= 4 is 0 Å². The first-order chi connectivity index (χ1) is 5.63. The normalized spacial score (nSPS) is 13.4. The molecule has 0 saturated carbocycles. The van der Waals surface area contributed by atoms with E-state index in [9.17, 15) is 0 Å². The number of hydrogen-bond acceptors (Lipinski definition) is 2. The molecular weight excluding hydrogens is 148 g/mol. The molecule has 0 aliphatic heterocycles. The van der Waals surface area contributed by atoms with Crippen LogP contribution >= 0.6 is 0 Å². The molecule has 0 bridgehead atoms. The van der Waals surface area contributed by atoms with E-state index in [4.69, 9.17) is 5.73 Å². The maximum Gasteiger partial charge on any atom is 0.0336 e. The molecule has 1 atom stereocenters. The predicted octanol–water partition coefficient (Wildman–Crippen LogP) is 2.05. The first-order valence-corrected chi connectivity index (χ1v) is 4.29. The summed E-state index contributed by atoms with van der Waals surface area (Å²) < 4.78 is 0. The van der Waals surface area contributed by atoms with Crippen LogP contribution in [0.15, 0.2) is 18.5 Å². The lowest BCUT2D eigenvalue weighted by Crippen LogP contribution is -2.17. The Labute approximate surface area is 73.8 Å². The molecule has 1 aromatic rings. The third kappa shape index (κ3) is 1.83. The standard InChI is InChI=1S/C10H16N2/c1-7(2)10(11)9-6-12-5-4-8(9)3/h4-7,10H,11H2,1-3H3/t10-/m1/s1. The molecule has 0 fully saturated rings. The van der Waals surface area contributed by atoms with Crippen LogP contribution in [0.3, 0.4) is 0 Å². The lowest BCUT2D eigenvalue weighted by atomic mass is 9.95. The van der Waals surface area contributed by atoms with Crippen LogP contribution in [0.1, 0.15) is 31.0 Å². The zero-order valence-corrected chi connectivity index (χ0v) is 7.91. The summed E-state index contributed by atoms with van der Waals surface area (Å²) in [5.41, 5.74) is 8.39. The Bertz CT molecular complexity index is 256. The Morgan fingerprint density at radius 2 is 2.08 bits per heavy atom. The summed E-state index contributed by atoms with van der Waals surface area (Å²) >= 11 is 0. The first-order valence-electron chi connectivity index (χ1n) is 4.29. The monoisotopic (exact) mass is 164 g/mol. The van der Waals surface area contributed by atoms with Gasteiger partial charge in [0.05, 0.1) is 0 Å². The summed E-state index contributed by atoms with van der Waals surface area (Å²) in [5.74, 6) is 0.466. The van der Waals surface area contributed by atoms with Gasteiger partial charge in [0, 0.05) is 18.4 Å². The molecule has 1 aromatic heterocycles. The summed E-state index contributed by atoms with van der Waals surface area (Å²) in [5, 5.41) is 0. The molecule has 0 unspecified atom stereocenters. The van der Waals surface area contributed by atoms with Crippen LogP contribution in [0, 0.1) is 12.8 Å². The van der Waals surface area contributed by atoms with Crippen molar-refractivity contribution in [2.24, 2.45) is 11.7 Å². The van der Waals surface area contributed by atoms with E-state index >= 15 is 0 Å². The molecule has 2 nitrogen and oxygen atoms in total.